The molecule has 1 atom stereocenters. The van der Waals surface area contributed by atoms with Crippen LogP contribution in [0.1, 0.15) is 37.3 Å². The molecule has 1 N–H and O–H groups in total. The summed E-state index contributed by atoms with van der Waals surface area (Å²) in [5.41, 5.74) is 0.783. The summed E-state index contributed by atoms with van der Waals surface area (Å²) in [6, 6.07) is 4.23. The van der Waals surface area contributed by atoms with Gasteiger partial charge in [-0.15, -0.1) is 0 Å². The van der Waals surface area contributed by atoms with Crippen LogP contribution in [0, 0.1) is 11.6 Å². The van der Waals surface area contributed by atoms with E-state index in [1.54, 1.807) is 4.90 Å². The van der Waals surface area contributed by atoms with Crippen molar-refractivity contribution in [2.24, 2.45) is 0 Å². The highest BCUT2D eigenvalue weighted by Gasteiger charge is 2.33. The minimum Gasteiger partial charge on any atom is -0.359 e. The van der Waals surface area contributed by atoms with Gasteiger partial charge in [-0.1, -0.05) is 12.1 Å². The Bertz CT molecular complexity index is 717. The van der Waals surface area contributed by atoms with Gasteiger partial charge in [0.1, 0.15) is 11.6 Å². The second kappa shape index (κ2) is 6.36. The van der Waals surface area contributed by atoms with Crippen molar-refractivity contribution in [2.45, 2.75) is 32.2 Å². The standard InChI is InChI=1S/C16H17F2N3O2/c1-2-11-9-15(23-20-11)14-4-3-7-21(14)16(22)19-13-6-5-10(17)8-12(13)18/h5-6,8-9,14H,2-4,7H2,1H3,(H,19,22)/t14-/m0/s1. The Hall–Kier alpha value is -2.44. The van der Waals surface area contributed by atoms with Crippen molar-refractivity contribution in [3.63, 3.8) is 0 Å². The zero-order chi connectivity index (χ0) is 16.4. The number of anilines is 1. The van der Waals surface area contributed by atoms with Crippen LogP contribution in [0.3, 0.4) is 0 Å². The quantitative estimate of drug-likeness (QED) is 0.933. The van der Waals surface area contributed by atoms with Gasteiger partial charge in [0.25, 0.3) is 0 Å². The maximum Gasteiger partial charge on any atom is 0.322 e. The molecule has 2 amide bonds. The number of amides is 2. The number of carbonyl (C=O) groups is 1. The van der Waals surface area contributed by atoms with Crippen LogP contribution in [0.4, 0.5) is 19.3 Å². The summed E-state index contributed by atoms with van der Waals surface area (Å²) < 4.78 is 31.9. The summed E-state index contributed by atoms with van der Waals surface area (Å²) in [6.07, 6.45) is 2.34. The van der Waals surface area contributed by atoms with Gasteiger partial charge in [-0.05, 0) is 31.4 Å². The monoisotopic (exact) mass is 321 g/mol. The summed E-state index contributed by atoms with van der Waals surface area (Å²) in [6.45, 7) is 2.51. The molecule has 23 heavy (non-hydrogen) atoms. The molecule has 0 spiro atoms. The molecule has 5 nitrogen and oxygen atoms in total. The number of halogens is 2. The SMILES string of the molecule is CCc1cc([C@@H]2CCCN2C(=O)Nc2ccc(F)cc2F)on1. The smallest absolute Gasteiger partial charge is 0.322 e. The van der Waals surface area contributed by atoms with Crippen molar-refractivity contribution in [1.29, 1.82) is 0 Å². The Morgan fingerprint density at radius 3 is 2.96 bits per heavy atom. The molecule has 1 aromatic carbocycles. The van der Waals surface area contributed by atoms with Gasteiger partial charge in [-0.2, -0.15) is 0 Å². The lowest BCUT2D eigenvalue weighted by atomic mass is 10.1. The Morgan fingerprint density at radius 1 is 1.43 bits per heavy atom. The second-order valence-corrected chi connectivity index (χ2v) is 5.48. The van der Waals surface area contributed by atoms with E-state index in [0.717, 1.165) is 37.1 Å². The topological polar surface area (TPSA) is 58.4 Å². The van der Waals surface area contributed by atoms with Gasteiger partial charge < -0.3 is 14.7 Å². The number of nitrogens with zero attached hydrogens (tertiary/aromatic N) is 2. The van der Waals surface area contributed by atoms with E-state index >= 15 is 0 Å². The number of hydrogen-bond donors (Lipinski definition) is 1. The fraction of sp³-hybridized carbons (Fsp3) is 0.375. The maximum atomic E-state index is 13.7. The normalized spacial score (nSPS) is 17.5. The Balaban J connectivity index is 1.75. The Labute approximate surface area is 132 Å². The molecule has 1 aliphatic heterocycles. The first-order valence-corrected chi connectivity index (χ1v) is 7.56. The summed E-state index contributed by atoms with van der Waals surface area (Å²) in [4.78, 5) is 14.0. The predicted octanol–water partition coefficient (Wildman–Crippen LogP) is 3.88. The summed E-state index contributed by atoms with van der Waals surface area (Å²) in [5.74, 6) is -0.857. The van der Waals surface area contributed by atoms with Crippen LogP contribution in [0.15, 0.2) is 28.8 Å². The molecule has 122 valence electrons. The van der Waals surface area contributed by atoms with Gasteiger partial charge in [0.2, 0.25) is 0 Å². The minimum absolute atomic E-state index is 0.0473. The number of nitrogens with one attached hydrogen (secondary N) is 1. The summed E-state index contributed by atoms with van der Waals surface area (Å²) >= 11 is 0. The zero-order valence-corrected chi connectivity index (χ0v) is 12.7. The van der Waals surface area contributed by atoms with Crippen molar-refractivity contribution in [1.82, 2.24) is 10.1 Å². The van der Waals surface area contributed by atoms with Crippen molar-refractivity contribution < 1.29 is 18.1 Å². The molecule has 1 saturated heterocycles. The van der Waals surface area contributed by atoms with E-state index in [2.05, 4.69) is 10.5 Å². The van der Waals surface area contributed by atoms with Gasteiger partial charge in [0.05, 0.1) is 17.4 Å². The van der Waals surface area contributed by atoms with Crippen LogP contribution < -0.4 is 5.32 Å². The van der Waals surface area contributed by atoms with E-state index in [0.29, 0.717) is 12.3 Å². The van der Waals surface area contributed by atoms with E-state index in [1.165, 1.54) is 6.07 Å². The lowest BCUT2D eigenvalue weighted by Crippen LogP contribution is -2.34. The highest BCUT2D eigenvalue weighted by Crippen LogP contribution is 2.33. The number of carbonyl (C=O) groups excluding carboxylic acids is 1. The van der Waals surface area contributed by atoms with Crippen molar-refractivity contribution >= 4 is 11.7 Å². The average molecular weight is 321 g/mol. The third kappa shape index (κ3) is 3.18. The number of hydrogen-bond acceptors (Lipinski definition) is 3. The van der Waals surface area contributed by atoms with Crippen LogP contribution in [0.2, 0.25) is 0 Å². The van der Waals surface area contributed by atoms with Crippen LogP contribution >= 0.6 is 0 Å². The zero-order valence-electron chi connectivity index (χ0n) is 12.7. The number of urea groups is 1. The maximum absolute atomic E-state index is 13.7. The van der Waals surface area contributed by atoms with Gasteiger partial charge in [0, 0.05) is 18.7 Å². The lowest BCUT2D eigenvalue weighted by Gasteiger charge is -2.23. The minimum atomic E-state index is -0.804. The van der Waals surface area contributed by atoms with Crippen LogP contribution in [0.5, 0.6) is 0 Å². The first-order chi connectivity index (χ1) is 11.1. The predicted molar refractivity (Wildman–Crippen MR) is 79.9 cm³/mol. The fourth-order valence-electron chi connectivity index (χ4n) is 2.74. The number of benzene rings is 1. The third-order valence-electron chi connectivity index (χ3n) is 3.95. The van der Waals surface area contributed by atoms with Gasteiger partial charge in [-0.3, -0.25) is 0 Å². The first kappa shape index (κ1) is 15.5. The molecular formula is C16H17F2N3O2. The largest absolute Gasteiger partial charge is 0.359 e. The molecular weight excluding hydrogens is 304 g/mol. The molecule has 1 aliphatic rings. The molecule has 3 rings (SSSR count). The molecule has 0 unspecified atom stereocenters. The third-order valence-corrected chi connectivity index (χ3v) is 3.95. The Morgan fingerprint density at radius 2 is 2.26 bits per heavy atom. The molecule has 0 aliphatic carbocycles. The first-order valence-electron chi connectivity index (χ1n) is 7.56. The highest BCUT2D eigenvalue weighted by atomic mass is 19.1. The molecule has 0 radical (unpaired) electrons. The Kier molecular flexibility index (Phi) is 4.27. The fourth-order valence-corrected chi connectivity index (χ4v) is 2.74. The van der Waals surface area contributed by atoms with E-state index in [-0.39, 0.29) is 11.7 Å². The average Bonchev–Trinajstić information content (AvgIpc) is 3.17. The molecule has 1 aromatic heterocycles. The van der Waals surface area contributed by atoms with E-state index < -0.39 is 17.7 Å². The van der Waals surface area contributed by atoms with E-state index in [4.69, 9.17) is 4.52 Å². The van der Waals surface area contributed by atoms with Crippen LogP contribution in [-0.4, -0.2) is 22.6 Å². The van der Waals surface area contributed by atoms with Crippen molar-refractivity contribution in [2.75, 3.05) is 11.9 Å². The number of likely N-dealkylation sites (tertiary alicyclic amines) is 1. The van der Waals surface area contributed by atoms with Gasteiger partial charge in [-0.25, -0.2) is 13.6 Å². The van der Waals surface area contributed by atoms with Gasteiger partial charge in [0.15, 0.2) is 5.76 Å². The molecule has 7 heteroatoms. The number of aryl methyl sites for hydroxylation is 1. The highest BCUT2D eigenvalue weighted by molar-refractivity contribution is 5.89. The molecule has 1 fully saturated rings. The van der Waals surface area contributed by atoms with E-state index in [1.807, 2.05) is 13.0 Å². The number of rotatable bonds is 3. The molecule has 0 bridgehead atoms. The van der Waals surface area contributed by atoms with E-state index in [9.17, 15) is 13.6 Å². The van der Waals surface area contributed by atoms with Crippen LogP contribution in [-0.2, 0) is 6.42 Å². The second-order valence-electron chi connectivity index (χ2n) is 5.48. The lowest BCUT2D eigenvalue weighted by molar-refractivity contribution is 0.195. The van der Waals surface area contributed by atoms with Crippen molar-refractivity contribution in [3.05, 3.63) is 47.4 Å². The van der Waals surface area contributed by atoms with Crippen molar-refractivity contribution in [3.8, 4) is 0 Å². The summed E-state index contributed by atoms with van der Waals surface area (Å²) in [7, 11) is 0. The molecule has 0 saturated carbocycles. The molecule has 2 aromatic rings. The summed E-state index contributed by atoms with van der Waals surface area (Å²) in [5, 5.41) is 6.43. The van der Waals surface area contributed by atoms with Crippen LogP contribution in [0.25, 0.3) is 0 Å². The molecule has 2 heterocycles. The number of aromatic nitrogens is 1. The van der Waals surface area contributed by atoms with Gasteiger partial charge >= 0.3 is 6.03 Å².